The van der Waals surface area contributed by atoms with Crippen molar-refractivity contribution < 1.29 is 34.1 Å². The first kappa shape index (κ1) is 30.7. The molecule has 0 spiro atoms. The Morgan fingerprint density at radius 3 is 2.29 bits per heavy atom. The number of carboxylic acid groups (broad SMARTS) is 2. The number of nitrogens with zero attached hydrogens (tertiary/aromatic N) is 5. The van der Waals surface area contributed by atoms with Crippen LogP contribution in [0.3, 0.4) is 0 Å². The summed E-state index contributed by atoms with van der Waals surface area (Å²) in [6, 6.07) is 9.59. The number of piperazine rings is 1. The van der Waals surface area contributed by atoms with Crippen molar-refractivity contribution in [2.24, 2.45) is 0 Å². The molecule has 2 aliphatic heterocycles. The molecule has 3 amide bonds. The van der Waals surface area contributed by atoms with Crippen LogP contribution in [0.1, 0.15) is 29.8 Å². The van der Waals surface area contributed by atoms with Gasteiger partial charge in [-0.3, -0.25) is 19.3 Å². The number of anilines is 1. The molecule has 2 fully saturated rings. The molecule has 42 heavy (non-hydrogen) atoms. The monoisotopic (exact) mass is 583 g/mol. The van der Waals surface area contributed by atoms with Crippen LogP contribution in [-0.4, -0.2) is 130 Å². The second kappa shape index (κ2) is 15.1. The first-order valence-corrected chi connectivity index (χ1v) is 14.1. The molecule has 1 unspecified atom stereocenters. The van der Waals surface area contributed by atoms with Crippen molar-refractivity contribution in [3.63, 3.8) is 0 Å². The van der Waals surface area contributed by atoms with Crippen molar-refractivity contribution in [3.05, 3.63) is 42.1 Å². The van der Waals surface area contributed by atoms with E-state index in [-0.39, 0.29) is 44.7 Å². The van der Waals surface area contributed by atoms with E-state index < -0.39 is 29.9 Å². The summed E-state index contributed by atoms with van der Waals surface area (Å²) in [5.74, 6) is -1.42. The van der Waals surface area contributed by atoms with Gasteiger partial charge in [-0.15, -0.1) is 0 Å². The molecule has 2 saturated heterocycles. The Morgan fingerprint density at radius 1 is 0.929 bits per heavy atom. The Hall–Kier alpha value is -4.30. The SMILES string of the molecule is O=C(O)CCC(NC(=O)c1cc(NCCCN2CCOCC2)nc(-c2ccccc2)n1)C(=O)N1CCN(C(=O)O)CC1. The number of carboxylic acids is 1. The van der Waals surface area contributed by atoms with Gasteiger partial charge < -0.3 is 35.4 Å². The van der Waals surface area contributed by atoms with Crippen LogP contribution < -0.4 is 10.6 Å². The quantitative estimate of drug-likeness (QED) is 0.263. The van der Waals surface area contributed by atoms with Crippen molar-refractivity contribution in [3.8, 4) is 11.4 Å². The van der Waals surface area contributed by atoms with Crippen molar-refractivity contribution >= 4 is 29.7 Å². The van der Waals surface area contributed by atoms with Gasteiger partial charge in [0.25, 0.3) is 5.91 Å². The van der Waals surface area contributed by atoms with Crippen molar-refractivity contribution in [1.29, 1.82) is 0 Å². The lowest BCUT2D eigenvalue weighted by molar-refractivity contribution is -0.138. The number of benzene rings is 1. The highest BCUT2D eigenvalue weighted by Crippen LogP contribution is 2.19. The number of hydrogen-bond donors (Lipinski definition) is 4. The molecule has 2 aromatic rings. The van der Waals surface area contributed by atoms with E-state index in [4.69, 9.17) is 4.74 Å². The van der Waals surface area contributed by atoms with Crippen LogP contribution in [0.25, 0.3) is 11.4 Å². The zero-order valence-electron chi connectivity index (χ0n) is 23.4. The van der Waals surface area contributed by atoms with E-state index in [1.165, 1.54) is 15.9 Å². The lowest BCUT2D eigenvalue weighted by Gasteiger charge is -2.35. The second-order valence-electron chi connectivity index (χ2n) is 10.1. The minimum absolute atomic E-state index is 0.0309. The largest absolute Gasteiger partial charge is 0.481 e. The predicted octanol–water partition coefficient (Wildman–Crippen LogP) is 1.06. The summed E-state index contributed by atoms with van der Waals surface area (Å²) in [6.45, 7) is 5.32. The van der Waals surface area contributed by atoms with Gasteiger partial charge >= 0.3 is 12.1 Å². The van der Waals surface area contributed by atoms with Crippen LogP contribution in [0.15, 0.2) is 36.4 Å². The highest BCUT2D eigenvalue weighted by atomic mass is 16.5. The predicted molar refractivity (Wildman–Crippen MR) is 152 cm³/mol. The first-order chi connectivity index (χ1) is 20.3. The minimum Gasteiger partial charge on any atom is -0.481 e. The number of carbonyl (C=O) groups excluding carboxylic acids is 2. The van der Waals surface area contributed by atoms with Crippen LogP contribution in [0.2, 0.25) is 0 Å². The van der Waals surface area contributed by atoms with Crippen LogP contribution in [0.5, 0.6) is 0 Å². The van der Waals surface area contributed by atoms with Crippen molar-refractivity contribution in [2.45, 2.75) is 25.3 Å². The van der Waals surface area contributed by atoms with Crippen molar-refractivity contribution in [2.75, 3.05) is 70.9 Å². The fourth-order valence-corrected chi connectivity index (χ4v) is 4.81. The average Bonchev–Trinajstić information content (AvgIpc) is 3.01. The summed E-state index contributed by atoms with van der Waals surface area (Å²) in [6.07, 6.45) is -0.669. The molecular weight excluding hydrogens is 546 g/mol. The molecule has 0 radical (unpaired) electrons. The van der Waals surface area contributed by atoms with Gasteiger partial charge in [0, 0.05) is 63.9 Å². The Bertz CT molecular complexity index is 1230. The maximum Gasteiger partial charge on any atom is 0.407 e. The number of carbonyl (C=O) groups is 4. The topological polar surface area (TPSA) is 178 Å². The van der Waals surface area contributed by atoms with Gasteiger partial charge in [-0.2, -0.15) is 0 Å². The number of amides is 3. The Kier molecular flexibility index (Phi) is 11.0. The molecule has 3 heterocycles. The third kappa shape index (κ3) is 8.85. The smallest absolute Gasteiger partial charge is 0.407 e. The fraction of sp³-hybridized carbons (Fsp3) is 0.500. The van der Waals surface area contributed by atoms with Crippen LogP contribution in [-0.2, 0) is 14.3 Å². The molecular formula is C28H37N7O7. The number of ether oxygens (including phenoxy) is 1. The molecule has 0 aliphatic carbocycles. The molecule has 14 heteroatoms. The maximum absolute atomic E-state index is 13.4. The molecule has 226 valence electrons. The van der Waals surface area contributed by atoms with Gasteiger partial charge in [0.2, 0.25) is 5.91 Å². The van der Waals surface area contributed by atoms with Gasteiger partial charge in [0.05, 0.1) is 13.2 Å². The van der Waals surface area contributed by atoms with Crippen molar-refractivity contribution in [1.82, 2.24) is 30.0 Å². The first-order valence-electron chi connectivity index (χ1n) is 14.1. The van der Waals surface area contributed by atoms with E-state index in [9.17, 15) is 29.4 Å². The average molecular weight is 584 g/mol. The lowest BCUT2D eigenvalue weighted by Crippen LogP contribution is -2.55. The third-order valence-corrected chi connectivity index (χ3v) is 7.16. The van der Waals surface area contributed by atoms with Gasteiger partial charge in [0.1, 0.15) is 17.6 Å². The Morgan fingerprint density at radius 2 is 1.62 bits per heavy atom. The summed E-state index contributed by atoms with van der Waals surface area (Å²) in [7, 11) is 0. The molecule has 1 atom stereocenters. The summed E-state index contributed by atoms with van der Waals surface area (Å²) < 4.78 is 5.39. The summed E-state index contributed by atoms with van der Waals surface area (Å²) in [5.41, 5.74) is 0.738. The van der Waals surface area contributed by atoms with Gasteiger partial charge in [-0.1, -0.05) is 30.3 Å². The third-order valence-electron chi connectivity index (χ3n) is 7.16. The standard InChI is InChI=1S/C28H37N7O7/c36-24(37)8-7-21(27(39)34-11-13-35(14-12-34)28(40)41)31-26(38)22-19-23(29-9-4-10-33-15-17-42-18-16-33)32-25(30-22)20-5-2-1-3-6-20/h1-3,5-6,19,21H,4,7-18H2,(H,31,38)(H,36,37)(H,40,41)(H,29,30,32). The van der Waals surface area contributed by atoms with Crippen LogP contribution in [0.4, 0.5) is 10.6 Å². The molecule has 0 bridgehead atoms. The number of aliphatic carboxylic acids is 1. The summed E-state index contributed by atoms with van der Waals surface area (Å²) in [4.78, 5) is 63.3. The van der Waals surface area contributed by atoms with E-state index in [1.54, 1.807) is 0 Å². The van der Waals surface area contributed by atoms with E-state index in [0.29, 0.717) is 23.8 Å². The zero-order valence-corrected chi connectivity index (χ0v) is 23.4. The Balaban J connectivity index is 1.47. The number of nitrogens with one attached hydrogen (secondary N) is 2. The zero-order chi connectivity index (χ0) is 29.9. The number of hydrogen-bond acceptors (Lipinski definition) is 9. The molecule has 4 rings (SSSR count). The van der Waals surface area contributed by atoms with E-state index in [0.717, 1.165) is 39.3 Å². The van der Waals surface area contributed by atoms with Crippen LogP contribution >= 0.6 is 0 Å². The van der Waals surface area contributed by atoms with Gasteiger partial charge in [-0.05, 0) is 19.4 Å². The highest BCUT2D eigenvalue weighted by Gasteiger charge is 2.31. The van der Waals surface area contributed by atoms with E-state index in [1.807, 2.05) is 30.3 Å². The van der Waals surface area contributed by atoms with E-state index >= 15 is 0 Å². The normalized spacial score (nSPS) is 16.5. The molecule has 4 N–H and O–H groups in total. The number of aromatic nitrogens is 2. The van der Waals surface area contributed by atoms with Crippen LogP contribution in [0, 0.1) is 0 Å². The number of morpholine rings is 1. The highest BCUT2D eigenvalue weighted by molar-refractivity contribution is 5.97. The molecule has 0 saturated carbocycles. The minimum atomic E-state index is -1.12. The van der Waals surface area contributed by atoms with E-state index in [2.05, 4.69) is 25.5 Å². The molecule has 1 aromatic carbocycles. The Labute approximate surface area is 243 Å². The second-order valence-corrected chi connectivity index (χ2v) is 10.1. The lowest BCUT2D eigenvalue weighted by atomic mass is 10.1. The molecule has 1 aromatic heterocycles. The maximum atomic E-state index is 13.4. The fourth-order valence-electron chi connectivity index (χ4n) is 4.81. The summed E-state index contributed by atoms with van der Waals surface area (Å²) in [5, 5.41) is 24.4. The molecule has 14 nitrogen and oxygen atoms in total. The summed E-state index contributed by atoms with van der Waals surface area (Å²) >= 11 is 0. The van der Waals surface area contributed by atoms with Gasteiger partial charge in [0.15, 0.2) is 5.82 Å². The number of rotatable bonds is 12. The molecule has 2 aliphatic rings. The van der Waals surface area contributed by atoms with Gasteiger partial charge in [-0.25, -0.2) is 14.8 Å².